The maximum Gasteiger partial charge on any atom is 0.335 e. The van der Waals surface area contributed by atoms with Gasteiger partial charge in [0.2, 0.25) is 5.88 Å². The number of imide groups is 1. The molecule has 1 fully saturated rings. The molecule has 208 valence electrons. The summed E-state index contributed by atoms with van der Waals surface area (Å²) in [6.45, 7) is 5.58. The number of aromatic amines is 1. The lowest BCUT2D eigenvalue weighted by molar-refractivity contribution is 0.0616. The fourth-order valence-corrected chi connectivity index (χ4v) is 6.15. The van der Waals surface area contributed by atoms with Crippen molar-refractivity contribution in [1.29, 1.82) is 0 Å². The van der Waals surface area contributed by atoms with Crippen molar-refractivity contribution in [2.24, 2.45) is 5.10 Å². The van der Waals surface area contributed by atoms with Crippen molar-refractivity contribution in [3.8, 4) is 11.6 Å². The third kappa shape index (κ3) is 4.37. The highest BCUT2D eigenvalue weighted by Crippen LogP contribution is 2.37. The lowest BCUT2D eigenvalue weighted by Crippen LogP contribution is -2.37. The number of nitrogens with one attached hydrogen (secondary N) is 1. The Hall–Kier alpha value is -4.51. The molecule has 2 aliphatic rings. The van der Waals surface area contributed by atoms with E-state index in [2.05, 4.69) is 30.9 Å². The minimum atomic E-state index is -0.918. The van der Waals surface area contributed by atoms with Crippen molar-refractivity contribution >= 4 is 50.4 Å². The second-order valence-corrected chi connectivity index (χ2v) is 11.1. The number of benzene rings is 3. The third-order valence-electron chi connectivity index (χ3n) is 7.79. The van der Waals surface area contributed by atoms with Crippen LogP contribution in [0.5, 0.6) is 5.88 Å². The van der Waals surface area contributed by atoms with Crippen LogP contribution in [0.3, 0.4) is 0 Å². The molecule has 2 aliphatic heterocycles. The van der Waals surface area contributed by atoms with E-state index in [1.807, 2.05) is 26.0 Å². The molecule has 41 heavy (non-hydrogen) atoms. The number of piperidine rings is 1. The van der Waals surface area contributed by atoms with E-state index in [0.29, 0.717) is 31.7 Å². The predicted octanol–water partition coefficient (Wildman–Crippen LogP) is 4.38. The first kappa shape index (κ1) is 26.7. The quantitative estimate of drug-likeness (QED) is 0.259. The summed E-state index contributed by atoms with van der Waals surface area (Å²) in [6, 6.07) is 12.4. The molecule has 6 rings (SSSR count). The maximum atomic E-state index is 13.5. The average molecular weight is 616 g/mol. The van der Waals surface area contributed by atoms with Gasteiger partial charge < -0.3 is 10.0 Å². The fraction of sp³-hybridized carbons (Fsp3) is 0.233. The van der Waals surface area contributed by atoms with Crippen molar-refractivity contribution in [2.45, 2.75) is 33.1 Å². The lowest BCUT2D eigenvalue weighted by atomic mass is 9.93. The van der Waals surface area contributed by atoms with Crippen LogP contribution in [0.1, 0.15) is 56.7 Å². The normalized spacial score (nSPS) is 15.4. The van der Waals surface area contributed by atoms with Gasteiger partial charge in [0, 0.05) is 34.0 Å². The highest BCUT2D eigenvalue weighted by Gasteiger charge is 2.34. The first-order valence-electron chi connectivity index (χ1n) is 13.3. The average Bonchev–Trinajstić information content (AvgIpc) is 2.95. The highest BCUT2D eigenvalue weighted by molar-refractivity contribution is 9.10. The van der Waals surface area contributed by atoms with E-state index >= 15 is 0 Å². The van der Waals surface area contributed by atoms with Gasteiger partial charge in [0.25, 0.3) is 17.4 Å². The minimum Gasteiger partial charge on any atom is -0.493 e. The molecule has 3 aromatic carbocycles. The molecular weight excluding hydrogens is 590 g/mol. The van der Waals surface area contributed by atoms with Crippen LogP contribution in [0.4, 0.5) is 5.69 Å². The molecule has 10 nitrogen and oxygen atoms in total. The molecule has 1 saturated heterocycles. The standard InChI is InChI=1S/C30H26BrN5O5/c1-16-13-22(31)24(14-17(16)2)35-27(38)21(26(37)33-30(35)41)15-32-36-28(39)19-8-6-7-18-23(34-11-4-3-5-12-34)10-9-20(25(18)19)29(36)40/h6-10,13-15,38H,3-5,11-12H2,1-2H3,(H,33,37,41)/b32-15+. The summed E-state index contributed by atoms with van der Waals surface area (Å²) in [4.78, 5) is 56.9. The molecule has 0 saturated carbocycles. The number of aryl methyl sites for hydroxylation is 2. The second kappa shape index (κ2) is 10.2. The van der Waals surface area contributed by atoms with Crippen molar-refractivity contribution in [3.05, 3.63) is 95.6 Å². The first-order valence-corrected chi connectivity index (χ1v) is 14.1. The van der Waals surface area contributed by atoms with E-state index in [-0.39, 0.29) is 5.56 Å². The van der Waals surface area contributed by atoms with Gasteiger partial charge in [0.1, 0.15) is 5.56 Å². The van der Waals surface area contributed by atoms with Crippen LogP contribution in [-0.4, -0.2) is 50.8 Å². The van der Waals surface area contributed by atoms with Crippen molar-refractivity contribution in [1.82, 2.24) is 14.6 Å². The molecule has 0 atom stereocenters. The van der Waals surface area contributed by atoms with Crippen LogP contribution in [-0.2, 0) is 0 Å². The zero-order valence-corrected chi connectivity index (χ0v) is 24.0. The van der Waals surface area contributed by atoms with Gasteiger partial charge in [-0.2, -0.15) is 10.1 Å². The van der Waals surface area contributed by atoms with Gasteiger partial charge in [0.05, 0.1) is 23.0 Å². The number of carbonyl (C=O) groups is 2. The summed E-state index contributed by atoms with van der Waals surface area (Å²) in [5.74, 6) is -1.99. The van der Waals surface area contributed by atoms with Gasteiger partial charge in [-0.25, -0.2) is 9.36 Å². The van der Waals surface area contributed by atoms with E-state index in [0.717, 1.165) is 58.9 Å². The number of anilines is 1. The molecule has 0 radical (unpaired) electrons. The van der Waals surface area contributed by atoms with E-state index in [1.54, 1.807) is 30.3 Å². The number of hydrogen-bond donors (Lipinski definition) is 2. The number of nitrogens with zero attached hydrogens (tertiary/aromatic N) is 4. The molecule has 4 aromatic rings. The summed E-state index contributed by atoms with van der Waals surface area (Å²) >= 11 is 3.41. The van der Waals surface area contributed by atoms with Crippen LogP contribution < -0.4 is 16.1 Å². The van der Waals surface area contributed by atoms with Crippen LogP contribution in [0.2, 0.25) is 0 Å². The molecule has 0 spiro atoms. The smallest absolute Gasteiger partial charge is 0.335 e. The first-order chi connectivity index (χ1) is 19.7. The van der Waals surface area contributed by atoms with Gasteiger partial charge >= 0.3 is 5.69 Å². The third-order valence-corrected chi connectivity index (χ3v) is 8.42. The van der Waals surface area contributed by atoms with Crippen LogP contribution in [0, 0.1) is 13.8 Å². The predicted molar refractivity (Wildman–Crippen MR) is 160 cm³/mol. The largest absolute Gasteiger partial charge is 0.493 e. The van der Waals surface area contributed by atoms with E-state index in [4.69, 9.17) is 0 Å². The lowest BCUT2D eigenvalue weighted by Gasteiger charge is -2.31. The number of H-pyrrole nitrogens is 1. The Labute approximate surface area is 242 Å². The number of hydrazone groups is 1. The Morgan fingerprint density at radius 3 is 2.32 bits per heavy atom. The number of carbonyl (C=O) groups excluding carboxylic acids is 2. The molecule has 0 aliphatic carbocycles. The Morgan fingerprint density at radius 1 is 0.902 bits per heavy atom. The Kier molecular flexibility index (Phi) is 6.61. The van der Waals surface area contributed by atoms with Gasteiger partial charge in [-0.3, -0.25) is 19.4 Å². The molecule has 11 heteroatoms. The molecule has 1 aromatic heterocycles. The molecule has 2 amide bonds. The van der Waals surface area contributed by atoms with Crippen molar-refractivity contribution in [3.63, 3.8) is 0 Å². The fourth-order valence-electron chi connectivity index (χ4n) is 5.51. The number of amides is 2. The molecule has 0 bridgehead atoms. The molecule has 3 heterocycles. The maximum absolute atomic E-state index is 13.5. The summed E-state index contributed by atoms with van der Waals surface area (Å²) < 4.78 is 1.44. The summed E-state index contributed by atoms with van der Waals surface area (Å²) in [6.07, 6.45) is 4.27. The summed E-state index contributed by atoms with van der Waals surface area (Å²) in [5, 5.41) is 17.1. The van der Waals surface area contributed by atoms with Crippen molar-refractivity contribution < 1.29 is 14.7 Å². The summed E-state index contributed by atoms with van der Waals surface area (Å²) in [7, 11) is 0. The van der Waals surface area contributed by atoms with E-state index in [1.165, 1.54) is 6.42 Å². The Balaban J connectivity index is 1.42. The van der Waals surface area contributed by atoms with E-state index in [9.17, 15) is 24.3 Å². The van der Waals surface area contributed by atoms with Crippen LogP contribution in [0.25, 0.3) is 16.5 Å². The Bertz CT molecular complexity index is 1900. The summed E-state index contributed by atoms with van der Waals surface area (Å²) in [5.41, 5.74) is 1.57. The van der Waals surface area contributed by atoms with Gasteiger partial charge in [0.15, 0.2) is 0 Å². The minimum absolute atomic E-state index is 0.303. The van der Waals surface area contributed by atoms with Gasteiger partial charge in [-0.1, -0.05) is 12.1 Å². The molecule has 2 N–H and O–H groups in total. The molecule has 0 unspecified atom stereocenters. The second-order valence-electron chi connectivity index (χ2n) is 10.3. The number of halogens is 1. The number of aromatic nitrogens is 2. The molecular formula is C30H26BrN5O5. The zero-order valence-electron chi connectivity index (χ0n) is 22.4. The van der Waals surface area contributed by atoms with Crippen LogP contribution in [0.15, 0.2) is 61.6 Å². The van der Waals surface area contributed by atoms with Gasteiger partial charge in [-0.15, -0.1) is 0 Å². The number of hydrogen-bond acceptors (Lipinski definition) is 7. The Morgan fingerprint density at radius 2 is 1.59 bits per heavy atom. The number of aromatic hydroxyl groups is 1. The van der Waals surface area contributed by atoms with Crippen molar-refractivity contribution in [2.75, 3.05) is 18.0 Å². The SMILES string of the molecule is Cc1cc(Br)c(-n2c(O)c(/C=N/N3C(=O)c4cccc5c(N6CCCCC6)ccc(c45)C3=O)c(=O)[nH]c2=O)cc1C. The van der Waals surface area contributed by atoms with E-state index < -0.39 is 28.9 Å². The monoisotopic (exact) mass is 615 g/mol. The van der Waals surface area contributed by atoms with Gasteiger partial charge in [-0.05, 0) is 90.5 Å². The van der Waals surface area contributed by atoms with Crippen LogP contribution >= 0.6 is 15.9 Å². The topological polar surface area (TPSA) is 128 Å². The number of rotatable bonds is 4. The zero-order chi connectivity index (χ0) is 29.0. The highest BCUT2D eigenvalue weighted by atomic mass is 79.9.